The number of aryl methyl sites for hydroxylation is 1. The zero-order chi connectivity index (χ0) is 20.8. The number of amides is 1. The van der Waals surface area contributed by atoms with Crippen molar-refractivity contribution in [3.63, 3.8) is 0 Å². The number of aromatic nitrogens is 4. The summed E-state index contributed by atoms with van der Waals surface area (Å²) in [5, 5.41) is 10.4. The van der Waals surface area contributed by atoms with E-state index in [0.29, 0.717) is 16.3 Å². The number of carbonyl (C=O) groups excluding carboxylic acids is 2. The molecule has 1 aromatic carbocycles. The van der Waals surface area contributed by atoms with E-state index in [1.54, 1.807) is 37.4 Å². The number of sulfone groups is 1. The number of ketones is 1. The highest BCUT2D eigenvalue weighted by Gasteiger charge is 2.60. The van der Waals surface area contributed by atoms with Crippen LogP contribution in [0, 0.1) is 0 Å². The first kappa shape index (κ1) is 19.7. The third-order valence-corrected chi connectivity index (χ3v) is 7.82. The van der Waals surface area contributed by atoms with Crippen LogP contribution < -0.4 is 0 Å². The number of β-lactam (4-membered cyclic amide) rings is 1. The second-order valence-electron chi connectivity index (χ2n) is 6.58. The number of carbonyl (C=O) groups is 2. The summed E-state index contributed by atoms with van der Waals surface area (Å²) in [7, 11) is -0.781. The monoisotopic (exact) mass is 435 g/mol. The number of nitrogens with zero attached hydrogens (tertiary/aromatic N) is 5. The molecule has 1 amide bonds. The Morgan fingerprint density at radius 3 is 2.66 bits per heavy atom. The molecule has 2 atom stereocenters. The van der Waals surface area contributed by atoms with Gasteiger partial charge in [0.2, 0.25) is 10.9 Å². The van der Waals surface area contributed by atoms with Gasteiger partial charge in [-0.15, -0.1) is 5.10 Å². The highest BCUT2D eigenvalue weighted by molar-refractivity contribution is 7.99. The van der Waals surface area contributed by atoms with Crippen LogP contribution in [0.3, 0.4) is 0 Å². The van der Waals surface area contributed by atoms with Gasteiger partial charge in [-0.2, -0.15) is 0 Å². The SMILES string of the molecule is CO[C@H]1C(=O)N2C(C(=O)c3ccccc3)=C(CSc3nnnn3C)CS(=O)(=O)[C@H]12. The maximum atomic E-state index is 13.2. The minimum atomic E-state index is -3.72. The first-order chi connectivity index (χ1) is 13.8. The number of Topliss-reactive ketones (excluding diaryl/α,β-unsaturated/α-hetero) is 1. The molecular weight excluding hydrogens is 418 g/mol. The van der Waals surface area contributed by atoms with Crippen LogP contribution >= 0.6 is 11.8 Å². The predicted molar refractivity (Wildman–Crippen MR) is 103 cm³/mol. The molecule has 152 valence electrons. The zero-order valence-corrected chi connectivity index (χ0v) is 17.2. The topological polar surface area (TPSA) is 124 Å². The molecule has 2 aliphatic rings. The fourth-order valence-electron chi connectivity index (χ4n) is 3.41. The zero-order valence-electron chi connectivity index (χ0n) is 15.5. The second kappa shape index (κ2) is 7.35. The Labute approximate surface area is 170 Å². The lowest BCUT2D eigenvalue weighted by atomic mass is 9.99. The van der Waals surface area contributed by atoms with E-state index in [4.69, 9.17) is 4.74 Å². The van der Waals surface area contributed by atoms with Gasteiger partial charge in [0.1, 0.15) is 0 Å². The van der Waals surface area contributed by atoms with Crippen LogP contribution in [0.15, 0.2) is 46.8 Å². The third kappa shape index (κ3) is 3.26. The lowest BCUT2D eigenvalue weighted by molar-refractivity contribution is -0.158. The van der Waals surface area contributed by atoms with E-state index in [-0.39, 0.29) is 17.2 Å². The molecule has 12 heteroatoms. The summed E-state index contributed by atoms with van der Waals surface area (Å²) in [5.41, 5.74) is 0.806. The van der Waals surface area contributed by atoms with Gasteiger partial charge in [0, 0.05) is 25.5 Å². The van der Waals surface area contributed by atoms with Crippen molar-refractivity contribution in [1.29, 1.82) is 0 Å². The maximum absolute atomic E-state index is 13.2. The molecule has 10 nitrogen and oxygen atoms in total. The lowest BCUT2D eigenvalue weighted by Gasteiger charge is -2.48. The van der Waals surface area contributed by atoms with Gasteiger partial charge in [-0.05, 0) is 16.0 Å². The number of benzene rings is 1. The van der Waals surface area contributed by atoms with Crippen molar-refractivity contribution < 1.29 is 22.7 Å². The molecule has 3 heterocycles. The quantitative estimate of drug-likeness (QED) is 0.352. The highest BCUT2D eigenvalue weighted by atomic mass is 32.2. The van der Waals surface area contributed by atoms with Gasteiger partial charge < -0.3 is 4.74 Å². The number of rotatable bonds is 6. The van der Waals surface area contributed by atoms with Crippen molar-refractivity contribution in [2.24, 2.45) is 7.05 Å². The van der Waals surface area contributed by atoms with Crippen LogP contribution in [0.2, 0.25) is 0 Å². The van der Waals surface area contributed by atoms with Gasteiger partial charge in [0.15, 0.2) is 21.3 Å². The number of methoxy groups -OCH3 is 1. The summed E-state index contributed by atoms with van der Waals surface area (Å²) in [6.45, 7) is 0. The van der Waals surface area contributed by atoms with Crippen molar-refractivity contribution in [3.8, 4) is 0 Å². The number of allylic oxidation sites excluding steroid dienone is 1. The molecule has 1 fully saturated rings. The van der Waals surface area contributed by atoms with Crippen LogP contribution in [0.1, 0.15) is 10.4 Å². The number of tetrazole rings is 1. The van der Waals surface area contributed by atoms with E-state index in [9.17, 15) is 18.0 Å². The first-order valence-corrected chi connectivity index (χ1v) is 11.3. The normalized spacial score (nSPS) is 23.0. The molecular formula is C17H17N5O5S2. The van der Waals surface area contributed by atoms with E-state index in [0.717, 1.165) is 4.90 Å². The number of thioether (sulfide) groups is 1. The van der Waals surface area contributed by atoms with Crippen molar-refractivity contribution in [1.82, 2.24) is 25.1 Å². The van der Waals surface area contributed by atoms with Crippen molar-refractivity contribution in [3.05, 3.63) is 47.2 Å². The van der Waals surface area contributed by atoms with Gasteiger partial charge in [-0.25, -0.2) is 13.1 Å². The van der Waals surface area contributed by atoms with Crippen LogP contribution in [-0.4, -0.2) is 75.3 Å². The molecule has 2 aromatic rings. The van der Waals surface area contributed by atoms with E-state index >= 15 is 0 Å². The Morgan fingerprint density at radius 2 is 2.03 bits per heavy atom. The van der Waals surface area contributed by atoms with E-state index in [1.165, 1.54) is 23.6 Å². The van der Waals surface area contributed by atoms with Gasteiger partial charge >= 0.3 is 0 Å². The average molecular weight is 435 g/mol. The lowest BCUT2D eigenvalue weighted by Crippen LogP contribution is -2.70. The number of hydrogen-bond donors (Lipinski definition) is 0. The van der Waals surface area contributed by atoms with Crippen molar-refractivity contribution >= 4 is 33.3 Å². The second-order valence-corrected chi connectivity index (χ2v) is 9.62. The van der Waals surface area contributed by atoms with Crippen LogP contribution in [0.5, 0.6) is 0 Å². The van der Waals surface area contributed by atoms with Crippen molar-refractivity contribution in [2.45, 2.75) is 16.6 Å². The Bertz CT molecular complexity index is 1110. The summed E-state index contributed by atoms with van der Waals surface area (Å²) < 4.78 is 32.2. The number of hydrogen-bond acceptors (Lipinski definition) is 9. The minimum absolute atomic E-state index is 0.0944. The Kier molecular flexibility index (Phi) is 5.00. The van der Waals surface area contributed by atoms with E-state index in [2.05, 4.69) is 15.5 Å². The van der Waals surface area contributed by atoms with Gasteiger partial charge in [-0.3, -0.25) is 14.5 Å². The number of fused-ring (bicyclic) bond motifs is 1. The molecule has 29 heavy (non-hydrogen) atoms. The molecule has 2 aliphatic heterocycles. The molecule has 1 saturated heterocycles. The predicted octanol–water partition coefficient (Wildman–Crippen LogP) is 0.0509. The number of ether oxygens (including phenoxy) is 1. The fourth-order valence-corrected chi connectivity index (χ4v) is 6.43. The molecule has 0 spiro atoms. The smallest absolute Gasteiger partial charge is 0.260 e. The van der Waals surface area contributed by atoms with E-state index in [1.807, 2.05) is 0 Å². The molecule has 0 aliphatic carbocycles. The van der Waals surface area contributed by atoms with Crippen LogP contribution in [0.4, 0.5) is 0 Å². The summed E-state index contributed by atoms with van der Waals surface area (Å²) in [5.74, 6) is -1.13. The molecule has 0 unspecified atom stereocenters. The molecule has 0 bridgehead atoms. The first-order valence-electron chi connectivity index (χ1n) is 8.59. The minimum Gasteiger partial charge on any atom is -0.368 e. The Hall–Kier alpha value is -2.57. The third-order valence-electron chi connectivity index (χ3n) is 4.78. The van der Waals surface area contributed by atoms with Crippen molar-refractivity contribution in [2.75, 3.05) is 18.6 Å². The fraction of sp³-hybridized carbons (Fsp3) is 0.353. The summed E-state index contributed by atoms with van der Waals surface area (Å²) in [6.07, 6.45) is -1.10. The largest absolute Gasteiger partial charge is 0.368 e. The van der Waals surface area contributed by atoms with E-state index < -0.39 is 33.0 Å². The van der Waals surface area contributed by atoms with Gasteiger partial charge in [0.25, 0.3) is 5.91 Å². The Balaban J connectivity index is 1.78. The molecule has 1 aromatic heterocycles. The van der Waals surface area contributed by atoms with Gasteiger partial charge in [-0.1, -0.05) is 42.1 Å². The Morgan fingerprint density at radius 1 is 1.31 bits per heavy atom. The molecule has 0 saturated carbocycles. The average Bonchev–Trinajstić information content (AvgIpc) is 3.11. The highest BCUT2D eigenvalue weighted by Crippen LogP contribution is 2.40. The molecule has 0 N–H and O–H groups in total. The summed E-state index contributed by atoms with van der Waals surface area (Å²) in [6, 6.07) is 8.44. The molecule has 0 radical (unpaired) electrons. The van der Waals surface area contributed by atoms with Crippen LogP contribution in [-0.2, 0) is 26.4 Å². The summed E-state index contributed by atoms with van der Waals surface area (Å²) in [4.78, 5) is 26.9. The van der Waals surface area contributed by atoms with Gasteiger partial charge in [0.05, 0.1) is 11.4 Å². The molecule has 4 rings (SSSR count). The summed E-state index contributed by atoms with van der Waals surface area (Å²) >= 11 is 1.20. The standard InChI is InChI=1S/C17H17N5O5S2/c1-21-17(18-19-20-21)28-8-11-9-29(25,26)16-14(27-2)15(24)22(16)12(11)13(23)10-6-4-3-5-7-10/h3-7,14,16H,8-9H2,1-2H3/t14-,16+/m0/s1. The van der Waals surface area contributed by atoms with Crippen LogP contribution in [0.25, 0.3) is 0 Å². The maximum Gasteiger partial charge on any atom is 0.260 e.